The summed E-state index contributed by atoms with van der Waals surface area (Å²) in [6.07, 6.45) is 5.63. The quantitative estimate of drug-likeness (QED) is 0.820. The van der Waals surface area contributed by atoms with Gasteiger partial charge in [-0.1, -0.05) is 6.08 Å². The first-order valence-electron chi connectivity index (χ1n) is 9.99. The van der Waals surface area contributed by atoms with Gasteiger partial charge in [-0.3, -0.25) is 9.59 Å². The molecule has 0 N–H and O–H groups in total. The molecule has 144 valence electrons. The second-order valence-electron chi connectivity index (χ2n) is 7.64. The monoisotopic (exact) mass is 368 g/mol. The second-order valence-corrected chi connectivity index (χ2v) is 7.64. The topological polar surface area (TPSA) is 47.1 Å². The lowest BCUT2D eigenvalue weighted by molar-refractivity contribution is -0.119. The van der Waals surface area contributed by atoms with Gasteiger partial charge >= 0.3 is 0 Å². The van der Waals surface area contributed by atoms with E-state index in [0.717, 1.165) is 69.1 Å². The highest BCUT2D eigenvalue weighted by atomic mass is 16.2. The van der Waals surface area contributed by atoms with E-state index in [1.54, 1.807) is 0 Å². The molecule has 4 rings (SSSR count). The minimum Gasteiger partial charge on any atom is -0.365 e. The van der Waals surface area contributed by atoms with Crippen LogP contribution in [0.1, 0.15) is 25.7 Å². The molecule has 0 unspecified atom stereocenters. The van der Waals surface area contributed by atoms with Gasteiger partial charge in [-0.15, -0.1) is 0 Å². The van der Waals surface area contributed by atoms with Gasteiger partial charge in [-0.25, -0.2) is 0 Å². The molecular formula is C21H28N4O2. The Morgan fingerprint density at radius 3 is 2.11 bits per heavy atom. The van der Waals surface area contributed by atoms with E-state index < -0.39 is 0 Å². The molecule has 0 aliphatic carbocycles. The highest BCUT2D eigenvalue weighted by Gasteiger charge is 2.29. The SMILES string of the molecule is CN1CCN(C2=CCCN(c3ccc(N4CCCCC4=O)cc3)C2=O)CC1. The number of rotatable bonds is 3. The fourth-order valence-electron chi connectivity index (χ4n) is 4.11. The average Bonchev–Trinajstić information content (AvgIpc) is 2.70. The number of benzene rings is 1. The highest BCUT2D eigenvalue weighted by molar-refractivity contribution is 6.06. The Hall–Kier alpha value is -2.34. The molecule has 6 heteroatoms. The highest BCUT2D eigenvalue weighted by Crippen LogP contribution is 2.27. The van der Waals surface area contributed by atoms with Gasteiger partial charge in [0.05, 0.1) is 5.70 Å². The van der Waals surface area contributed by atoms with Crippen LogP contribution >= 0.6 is 0 Å². The van der Waals surface area contributed by atoms with E-state index in [1.807, 2.05) is 34.1 Å². The van der Waals surface area contributed by atoms with Crippen molar-refractivity contribution in [3.63, 3.8) is 0 Å². The summed E-state index contributed by atoms with van der Waals surface area (Å²) >= 11 is 0. The van der Waals surface area contributed by atoms with Gasteiger partial charge < -0.3 is 19.6 Å². The lowest BCUT2D eigenvalue weighted by Gasteiger charge is -2.38. The van der Waals surface area contributed by atoms with Crippen LogP contribution in [0.2, 0.25) is 0 Å². The molecular weight excluding hydrogens is 340 g/mol. The maximum Gasteiger partial charge on any atom is 0.274 e. The summed E-state index contributed by atoms with van der Waals surface area (Å²) in [7, 11) is 2.12. The van der Waals surface area contributed by atoms with Gasteiger partial charge in [0.2, 0.25) is 5.91 Å². The third kappa shape index (κ3) is 3.72. The molecule has 1 aromatic rings. The molecule has 0 radical (unpaired) electrons. The lowest BCUT2D eigenvalue weighted by atomic mass is 10.1. The molecule has 2 saturated heterocycles. The van der Waals surface area contributed by atoms with Gasteiger partial charge in [0.15, 0.2) is 0 Å². The van der Waals surface area contributed by atoms with E-state index >= 15 is 0 Å². The zero-order chi connectivity index (χ0) is 18.8. The lowest BCUT2D eigenvalue weighted by Crippen LogP contribution is -2.49. The largest absolute Gasteiger partial charge is 0.365 e. The Bertz CT molecular complexity index is 735. The number of carbonyl (C=O) groups excluding carboxylic acids is 2. The number of amides is 2. The van der Waals surface area contributed by atoms with E-state index in [4.69, 9.17) is 0 Å². The van der Waals surface area contributed by atoms with Crippen molar-refractivity contribution in [3.8, 4) is 0 Å². The predicted octanol–water partition coefficient (Wildman–Crippen LogP) is 2.07. The first-order valence-corrected chi connectivity index (χ1v) is 9.99. The van der Waals surface area contributed by atoms with Crippen LogP contribution in [0.5, 0.6) is 0 Å². The summed E-state index contributed by atoms with van der Waals surface area (Å²) in [6.45, 7) is 5.28. The fourth-order valence-corrected chi connectivity index (χ4v) is 4.11. The normalized spacial score (nSPS) is 22.3. The Balaban J connectivity index is 1.47. The average molecular weight is 368 g/mol. The number of nitrogens with zero attached hydrogens (tertiary/aromatic N) is 4. The standard InChI is InChI=1S/C21H28N4O2/c1-22-13-15-23(16-14-22)19-5-4-12-25(21(19)27)18-9-7-17(8-10-18)24-11-3-2-6-20(24)26/h5,7-10H,2-4,6,11-16H2,1H3. The number of hydrogen-bond donors (Lipinski definition) is 0. The molecule has 0 saturated carbocycles. The van der Waals surface area contributed by atoms with Crippen molar-refractivity contribution in [3.05, 3.63) is 36.0 Å². The molecule has 2 amide bonds. The molecule has 0 aromatic heterocycles. The van der Waals surface area contributed by atoms with Crippen LogP contribution in [-0.2, 0) is 9.59 Å². The number of piperidine rings is 1. The van der Waals surface area contributed by atoms with Crippen LogP contribution in [0.3, 0.4) is 0 Å². The number of likely N-dealkylation sites (N-methyl/N-ethyl adjacent to an activating group) is 1. The van der Waals surface area contributed by atoms with E-state index in [0.29, 0.717) is 13.0 Å². The number of piperazine rings is 1. The molecule has 0 bridgehead atoms. The van der Waals surface area contributed by atoms with Gasteiger partial charge in [0, 0.05) is 57.1 Å². The van der Waals surface area contributed by atoms with Gasteiger partial charge in [0.25, 0.3) is 5.91 Å². The predicted molar refractivity (Wildman–Crippen MR) is 107 cm³/mol. The molecule has 3 aliphatic heterocycles. The molecule has 0 spiro atoms. The maximum absolute atomic E-state index is 13.1. The number of carbonyl (C=O) groups is 2. The molecule has 27 heavy (non-hydrogen) atoms. The molecule has 6 nitrogen and oxygen atoms in total. The van der Waals surface area contributed by atoms with Crippen molar-refractivity contribution in [1.29, 1.82) is 0 Å². The molecule has 0 atom stereocenters. The zero-order valence-electron chi connectivity index (χ0n) is 16.1. The summed E-state index contributed by atoms with van der Waals surface area (Å²) in [4.78, 5) is 33.4. The summed E-state index contributed by atoms with van der Waals surface area (Å²) in [6, 6.07) is 7.89. The summed E-state index contributed by atoms with van der Waals surface area (Å²) < 4.78 is 0. The van der Waals surface area contributed by atoms with Gasteiger partial charge in [-0.05, 0) is 50.6 Å². The fraction of sp³-hybridized carbons (Fsp3) is 0.524. The van der Waals surface area contributed by atoms with Crippen molar-refractivity contribution >= 4 is 23.2 Å². The third-order valence-electron chi connectivity index (χ3n) is 5.80. The first kappa shape index (κ1) is 18.0. The summed E-state index contributed by atoms with van der Waals surface area (Å²) in [5.41, 5.74) is 2.68. The molecule has 3 heterocycles. The van der Waals surface area contributed by atoms with E-state index in [-0.39, 0.29) is 11.8 Å². The number of anilines is 2. The van der Waals surface area contributed by atoms with Gasteiger partial charge in [-0.2, -0.15) is 0 Å². The van der Waals surface area contributed by atoms with E-state index in [2.05, 4.69) is 22.9 Å². The molecule has 2 fully saturated rings. The minimum atomic E-state index is 0.0904. The smallest absolute Gasteiger partial charge is 0.274 e. The Morgan fingerprint density at radius 1 is 0.778 bits per heavy atom. The molecule has 3 aliphatic rings. The van der Waals surface area contributed by atoms with Crippen molar-refractivity contribution in [2.45, 2.75) is 25.7 Å². The first-order chi connectivity index (χ1) is 13.1. The van der Waals surface area contributed by atoms with Crippen LogP contribution in [0, 0.1) is 0 Å². The summed E-state index contributed by atoms with van der Waals surface area (Å²) in [5, 5.41) is 0. The van der Waals surface area contributed by atoms with Crippen LogP contribution in [0.4, 0.5) is 11.4 Å². The Labute approximate surface area is 161 Å². The van der Waals surface area contributed by atoms with Crippen LogP contribution in [0.25, 0.3) is 0 Å². The van der Waals surface area contributed by atoms with E-state index in [1.165, 1.54) is 0 Å². The molecule has 1 aromatic carbocycles. The van der Waals surface area contributed by atoms with Crippen LogP contribution in [0.15, 0.2) is 36.0 Å². The van der Waals surface area contributed by atoms with Crippen LogP contribution in [-0.4, -0.2) is 67.9 Å². The van der Waals surface area contributed by atoms with Crippen LogP contribution < -0.4 is 9.80 Å². The van der Waals surface area contributed by atoms with Crippen molar-refractivity contribution in [2.24, 2.45) is 0 Å². The maximum atomic E-state index is 13.1. The second kappa shape index (κ2) is 7.72. The summed E-state index contributed by atoms with van der Waals surface area (Å²) in [5.74, 6) is 0.288. The third-order valence-corrected chi connectivity index (χ3v) is 5.80. The zero-order valence-corrected chi connectivity index (χ0v) is 16.1. The van der Waals surface area contributed by atoms with E-state index in [9.17, 15) is 9.59 Å². The van der Waals surface area contributed by atoms with Crippen molar-refractivity contribution < 1.29 is 9.59 Å². The Kier molecular flexibility index (Phi) is 5.16. The minimum absolute atomic E-state index is 0.0904. The van der Waals surface area contributed by atoms with Crippen molar-refractivity contribution in [2.75, 3.05) is 56.1 Å². The van der Waals surface area contributed by atoms with Crippen molar-refractivity contribution in [1.82, 2.24) is 9.80 Å². The Morgan fingerprint density at radius 2 is 1.44 bits per heavy atom. The van der Waals surface area contributed by atoms with Gasteiger partial charge in [0.1, 0.15) is 0 Å². The number of hydrogen-bond acceptors (Lipinski definition) is 4.